The smallest absolute Gasteiger partial charge is 0.123 e. The van der Waals surface area contributed by atoms with Crippen LogP contribution in [0.1, 0.15) is 30.7 Å². The zero-order valence-electron chi connectivity index (χ0n) is 11.2. The third-order valence-corrected chi connectivity index (χ3v) is 5.56. The minimum Gasteiger partial charge on any atom is -0.496 e. The predicted octanol–water partition coefficient (Wildman–Crippen LogP) is 3.37. The first-order valence-electron chi connectivity index (χ1n) is 6.79. The van der Waals surface area contributed by atoms with Crippen LogP contribution in [-0.2, 0) is 0 Å². The second-order valence-corrected chi connectivity index (χ2v) is 6.45. The maximum atomic E-state index is 5.55. The summed E-state index contributed by atoms with van der Waals surface area (Å²) in [6.07, 6.45) is 4.01. The first kappa shape index (κ1) is 12.4. The second-order valence-electron chi connectivity index (χ2n) is 5.39. The van der Waals surface area contributed by atoms with Crippen molar-refractivity contribution < 1.29 is 4.74 Å². The van der Waals surface area contributed by atoms with Gasteiger partial charge in [0.25, 0.3) is 0 Å². The SMILES string of the molecule is COc1cccc2c1[C@H](C[C@H]1CCCN1C)CS2. The molecule has 0 saturated carbocycles. The van der Waals surface area contributed by atoms with E-state index in [0.29, 0.717) is 5.92 Å². The summed E-state index contributed by atoms with van der Waals surface area (Å²) in [5.74, 6) is 2.98. The highest BCUT2D eigenvalue weighted by Gasteiger charge is 2.31. The molecule has 18 heavy (non-hydrogen) atoms. The average Bonchev–Trinajstić information content (AvgIpc) is 2.97. The highest BCUT2D eigenvalue weighted by Crippen LogP contribution is 2.47. The van der Waals surface area contributed by atoms with Gasteiger partial charge < -0.3 is 9.64 Å². The molecule has 0 amide bonds. The molecule has 1 saturated heterocycles. The zero-order chi connectivity index (χ0) is 12.5. The van der Waals surface area contributed by atoms with Gasteiger partial charge in [-0.05, 0) is 50.9 Å². The zero-order valence-corrected chi connectivity index (χ0v) is 12.0. The number of hydrogen-bond donors (Lipinski definition) is 0. The summed E-state index contributed by atoms with van der Waals surface area (Å²) in [4.78, 5) is 3.96. The number of methoxy groups -OCH3 is 1. The molecule has 2 heterocycles. The summed E-state index contributed by atoms with van der Waals surface area (Å²) >= 11 is 1.99. The van der Waals surface area contributed by atoms with Crippen LogP contribution in [0.2, 0.25) is 0 Å². The van der Waals surface area contributed by atoms with Crippen molar-refractivity contribution in [2.75, 3.05) is 26.5 Å². The van der Waals surface area contributed by atoms with Gasteiger partial charge in [-0.3, -0.25) is 0 Å². The van der Waals surface area contributed by atoms with Gasteiger partial charge in [-0.15, -0.1) is 11.8 Å². The fraction of sp³-hybridized carbons (Fsp3) is 0.600. The standard InChI is InChI=1S/C15H21NOS/c1-16-8-4-5-12(16)9-11-10-18-14-7-3-6-13(17-2)15(11)14/h3,6-7,11-12H,4-5,8-10H2,1-2H3/t11-,12-/m1/s1. The van der Waals surface area contributed by atoms with Crippen molar-refractivity contribution in [3.63, 3.8) is 0 Å². The third-order valence-electron chi connectivity index (χ3n) is 4.32. The lowest BCUT2D eigenvalue weighted by Gasteiger charge is -2.23. The van der Waals surface area contributed by atoms with E-state index in [1.807, 2.05) is 11.8 Å². The third kappa shape index (κ3) is 2.14. The Morgan fingerprint density at radius 3 is 3.06 bits per heavy atom. The Morgan fingerprint density at radius 2 is 2.33 bits per heavy atom. The number of hydrogen-bond acceptors (Lipinski definition) is 3. The summed E-state index contributed by atoms with van der Waals surface area (Å²) in [5, 5.41) is 0. The number of thioether (sulfide) groups is 1. The van der Waals surface area contributed by atoms with Gasteiger partial charge in [-0.25, -0.2) is 0 Å². The molecule has 1 aromatic carbocycles. The molecule has 2 aliphatic heterocycles. The van der Waals surface area contributed by atoms with Crippen LogP contribution in [0.25, 0.3) is 0 Å². The molecule has 2 nitrogen and oxygen atoms in total. The Labute approximate surface area is 114 Å². The molecule has 2 aliphatic rings. The van der Waals surface area contributed by atoms with E-state index in [1.54, 1.807) is 7.11 Å². The van der Waals surface area contributed by atoms with E-state index in [9.17, 15) is 0 Å². The molecule has 0 N–H and O–H groups in total. The van der Waals surface area contributed by atoms with Crippen molar-refractivity contribution >= 4 is 11.8 Å². The number of ether oxygens (including phenoxy) is 1. The minimum atomic E-state index is 0.673. The van der Waals surface area contributed by atoms with Crippen molar-refractivity contribution in [3.8, 4) is 5.75 Å². The molecular formula is C15H21NOS. The predicted molar refractivity (Wildman–Crippen MR) is 76.7 cm³/mol. The summed E-state index contributed by atoms with van der Waals surface area (Å²) < 4.78 is 5.55. The van der Waals surface area contributed by atoms with Gasteiger partial charge in [0.15, 0.2) is 0 Å². The first-order chi connectivity index (χ1) is 8.79. The van der Waals surface area contributed by atoms with Gasteiger partial charge in [-0.1, -0.05) is 6.07 Å². The molecule has 0 unspecified atom stereocenters. The lowest BCUT2D eigenvalue weighted by Crippen LogP contribution is -2.26. The van der Waals surface area contributed by atoms with Crippen LogP contribution in [0.3, 0.4) is 0 Å². The molecule has 0 spiro atoms. The Bertz CT molecular complexity index is 435. The molecular weight excluding hydrogens is 242 g/mol. The fourth-order valence-electron chi connectivity index (χ4n) is 3.30. The van der Waals surface area contributed by atoms with Crippen LogP contribution in [0, 0.1) is 0 Å². The summed E-state index contributed by atoms with van der Waals surface area (Å²) in [7, 11) is 4.06. The maximum absolute atomic E-state index is 5.55. The quantitative estimate of drug-likeness (QED) is 0.829. The van der Waals surface area contributed by atoms with Gasteiger partial charge in [-0.2, -0.15) is 0 Å². The molecule has 98 valence electrons. The van der Waals surface area contributed by atoms with Gasteiger partial charge in [0.05, 0.1) is 7.11 Å². The van der Waals surface area contributed by atoms with Gasteiger partial charge in [0.2, 0.25) is 0 Å². The van der Waals surface area contributed by atoms with Crippen LogP contribution in [0.4, 0.5) is 0 Å². The van der Waals surface area contributed by atoms with Gasteiger partial charge in [0, 0.05) is 22.3 Å². The number of likely N-dealkylation sites (tertiary alicyclic amines) is 1. The lowest BCUT2D eigenvalue weighted by molar-refractivity contribution is 0.284. The second kappa shape index (κ2) is 5.14. The lowest BCUT2D eigenvalue weighted by atomic mass is 9.92. The highest BCUT2D eigenvalue weighted by atomic mass is 32.2. The van der Waals surface area contributed by atoms with Crippen molar-refractivity contribution in [1.82, 2.24) is 4.90 Å². The van der Waals surface area contributed by atoms with E-state index in [-0.39, 0.29) is 0 Å². The monoisotopic (exact) mass is 263 g/mol. The molecule has 0 aliphatic carbocycles. The topological polar surface area (TPSA) is 12.5 Å². The highest BCUT2D eigenvalue weighted by molar-refractivity contribution is 7.99. The molecule has 2 atom stereocenters. The number of benzene rings is 1. The normalized spacial score (nSPS) is 27.4. The van der Waals surface area contributed by atoms with E-state index < -0.39 is 0 Å². The fourth-order valence-corrected chi connectivity index (χ4v) is 4.58. The van der Waals surface area contributed by atoms with Crippen LogP contribution in [0.5, 0.6) is 5.75 Å². The summed E-state index contributed by atoms with van der Waals surface area (Å²) in [6, 6.07) is 7.22. The molecule has 0 radical (unpaired) electrons. The van der Waals surface area contributed by atoms with E-state index >= 15 is 0 Å². The average molecular weight is 263 g/mol. The van der Waals surface area contributed by atoms with E-state index in [1.165, 1.54) is 42.0 Å². The summed E-state index contributed by atoms with van der Waals surface area (Å²) in [5.41, 5.74) is 1.46. The number of nitrogens with zero attached hydrogens (tertiary/aromatic N) is 1. The Hall–Kier alpha value is -0.670. The van der Waals surface area contributed by atoms with Crippen molar-refractivity contribution in [2.45, 2.75) is 36.1 Å². The Balaban J connectivity index is 1.81. The molecule has 3 rings (SSSR count). The van der Waals surface area contributed by atoms with Crippen LogP contribution in [-0.4, -0.2) is 37.4 Å². The molecule has 0 aromatic heterocycles. The molecule has 0 bridgehead atoms. The Kier molecular flexibility index (Phi) is 3.53. The van der Waals surface area contributed by atoms with Crippen molar-refractivity contribution in [3.05, 3.63) is 23.8 Å². The van der Waals surface area contributed by atoms with E-state index in [4.69, 9.17) is 4.74 Å². The Morgan fingerprint density at radius 1 is 1.44 bits per heavy atom. The first-order valence-corrected chi connectivity index (χ1v) is 7.78. The van der Waals surface area contributed by atoms with E-state index in [0.717, 1.165) is 11.8 Å². The maximum Gasteiger partial charge on any atom is 0.123 e. The number of rotatable bonds is 3. The molecule has 1 fully saturated rings. The van der Waals surface area contributed by atoms with Crippen LogP contribution in [0.15, 0.2) is 23.1 Å². The van der Waals surface area contributed by atoms with Crippen molar-refractivity contribution in [1.29, 1.82) is 0 Å². The van der Waals surface area contributed by atoms with Gasteiger partial charge >= 0.3 is 0 Å². The minimum absolute atomic E-state index is 0.673. The summed E-state index contributed by atoms with van der Waals surface area (Å²) in [6.45, 7) is 1.27. The van der Waals surface area contributed by atoms with E-state index in [2.05, 4.69) is 30.1 Å². The van der Waals surface area contributed by atoms with Crippen molar-refractivity contribution in [2.24, 2.45) is 0 Å². The van der Waals surface area contributed by atoms with Crippen LogP contribution >= 0.6 is 11.8 Å². The molecule has 1 aromatic rings. The van der Waals surface area contributed by atoms with Crippen LogP contribution < -0.4 is 4.74 Å². The largest absolute Gasteiger partial charge is 0.496 e. The van der Waals surface area contributed by atoms with Gasteiger partial charge in [0.1, 0.15) is 5.75 Å². The molecule has 3 heteroatoms. The number of fused-ring (bicyclic) bond motifs is 1.